The zero-order valence-corrected chi connectivity index (χ0v) is 10.1. The van der Waals surface area contributed by atoms with Crippen molar-refractivity contribution in [1.82, 2.24) is 5.32 Å². The molecule has 0 bridgehead atoms. The molecule has 0 saturated heterocycles. The zero-order valence-electron chi connectivity index (χ0n) is 10.1. The van der Waals surface area contributed by atoms with Crippen LogP contribution in [0.1, 0.15) is 31.0 Å². The minimum Gasteiger partial charge on any atom is -0.370 e. The molecule has 4 nitrogen and oxygen atoms in total. The molecular weight excluding hydrogens is 214 g/mol. The Labute approximate surface area is 101 Å². The number of nitrogens with one attached hydrogen (secondary N) is 1. The van der Waals surface area contributed by atoms with Gasteiger partial charge in [0, 0.05) is 0 Å². The smallest absolute Gasteiger partial charge is 0.256 e. The van der Waals surface area contributed by atoms with Gasteiger partial charge in [0.2, 0.25) is 0 Å². The Morgan fingerprint density at radius 1 is 1.35 bits per heavy atom. The third-order valence-corrected chi connectivity index (χ3v) is 2.71. The van der Waals surface area contributed by atoms with Crippen LogP contribution in [0.15, 0.2) is 29.3 Å². The Bertz CT molecular complexity index is 448. The van der Waals surface area contributed by atoms with Crippen LogP contribution in [0.5, 0.6) is 0 Å². The molecule has 1 atom stereocenters. The van der Waals surface area contributed by atoms with Crippen LogP contribution in [-0.4, -0.2) is 11.9 Å². The molecule has 1 aromatic rings. The summed E-state index contributed by atoms with van der Waals surface area (Å²) in [5, 5.41) is 2.50. The SMILES string of the molecule is CC(C)Cc1ccc(C2N=C(N)NC2=O)cc1. The standard InChI is InChI=1S/C13H17N3O/c1-8(2)7-9-3-5-10(6-4-9)11-12(17)16-13(14)15-11/h3-6,8,11H,7H2,1-2H3,(H3,14,15,16,17). The quantitative estimate of drug-likeness (QED) is 0.825. The van der Waals surface area contributed by atoms with E-state index in [4.69, 9.17) is 5.73 Å². The van der Waals surface area contributed by atoms with Crippen molar-refractivity contribution in [2.45, 2.75) is 26.3 Å². The monoisotopic (exact) mass is 231 g/mol. The van der Waals surface area contributed by atoms with Gasteiger partial charge >= 0.3 is 0 Å². The first kappa shape index (κ1) is 11.6. The summed E-state index contributed by atoms with van der Waals surface area (Å²) in [5.74, 6) is 0.676. The summed E-state index contributed by atoms with van der Waals surface area (Å²) in [4.78, 5) is 15.6. The molecule has 1 unspecified atom stereocenters. The fourth-order valence-corrected chi connectivity index (χ4v) is 1.96. The lowest BCUT2D eigenvalue weighted by molar-refractivity contribution is -0.120. The number of carbonyl (C=O) groups excluding carboxylic acids is 1. The van der Waals surface area contributed by atoms with Gasteiger partial charge in [0.15, 0.2) is 12.0 Å². The maximum Gasteiger partial charge on any atom is 0.256 e. The summed E-state index contributed by atoms with van der Waals surface area (Å²) >= 11 is 0. The maximum atomic E-state index is 11.5. The molecule has 0 aromatic heterocycles. The van der Waals surface area contributed by atoms with Crippen LogP contribution >= 0.6 is 0 Å². The van der Waals surface area contributed by atoms with Gasteiger partial charge in [-0.15, -0.1) is 0 Å². The van der Waals surface area contributed by atoms with Gasteiger partial charge in [0.1, 0.15) is 0 Å². The summed E-state index contributed by atoms with van der Waals surface area (Å²) in [6.45, 7) is 4.37. The third kappa shape index (κ3) is 2.64. The van der Waals surface area contributed by atoms with Crippen LogP contribution < -0.4 is 11.1 Å². The van der Waals surface area contributed by atoms with E-state index in [9.17, 15) is 4.79 Å². The lowest BCUT2D eigenvalue weighted by atomic mass is 9.99. The van der Waals surface area contributed by atoms with E-state index >= 15 is 0 Å². The molecule has 3 N–H and O–H groups in total. The number of benzene rings is 1. The summed E-state index contributed by atoms with van der Waals surface area (Å²) < 4.78 is 0. The van der Waals surface area contributed by atoms with E-state index in [2.05, 4.69) is 24.2 Å². The number of hydrogen-bond acceptors (Lipinski definition) is 3. The van der Waals surface area contributed by atoms with Crippen LogP contribution in [0.25, 0.3) is 0 Å². The van der Waals surface area contributed by atoms with Gasteiger partial charge in [-0.05, 0) is 23.5 Å². The average Bonchev–Trinajstić information content (AvgIpc) is 2.58. The highest BCUT2D eigenvalue weighted by molar-refractivity contribution is 6.04. The van der Waals surface area contributed by atoms with E-state index in [1.165, 1.54) is 5.56 Å². The van der Waals surface area contributed by atoms with E-state index in [1.54, 1.807) is 0 Å². The Morgan fingerprint density at radius 3 is 2.47 bits per heavy atom. The second-order valence-electron chi connectivity index (χ2n) is 4.75. The Kier molecular flexibility index (Phi) is 3.13. The maximum absolute atomic E-state index is 11.5. The molecule has 0 fully saturated rings. The summed E-state index contributed by atoms with van der Waals surface area (Å²) in [7, 11) is 0. The van der Waals surface area contributed by atoms with E-state index in [-0.39, 0.29) is 11.9 Å². The Morgan fingerprint density at radius 2 is 2.00 bits per heavy atom. The predicted molar refractivity (Wildman–Crippen MR) is 67.5 cm³/mol. The number of carbonyl (C=O) groups is 1. The molecule has 1 amide bonds. The Balaban J connectivity index is 2.15. The molecular formula is C13H17N3O. The molecule has 90 valence electrons. The van der Waals surface area contributed by atoms with Gasteiger partial charge < -0.3 is 5.73 Å². The third-order valence-electron chi connectivity index (χ3n) is 2.71. The van der Waals surface area contributed by atoms with Crippen LogP contribution in [0.4, 0.5) is 0 Å². The molecule has 2 rings (SSSR count). The number of guanidine groups is 1. The van der Waals surface area contributed by atoms with Crippen molar-refractivity contribution in [3.8, 4) is 0 Å². The van der Waals surface area contributed by atoms with Gasteiger partial charge in [-0.1, -0.05) is 38.1 Å². The van der Waals surface area contributed by atoms with E-state index in [0.717, 1.165) is 12.0 Å². The van der Waals surface area contributed by atoms with Gasteiger partial charge in [0.25, 0.3) is 5.91 Å². The first-order chi connectivity index (χ1) is 8.06. The Hall–Kier alpha value is -1.84. The largest absolute Gasteiger partial charge is 0.370 e. The van der Waals surface area contributed by atoms with Gasteiger partial charge in [0.05, 0.1) is 0 Å². The molecule has 1 heterocycles. The molecule has 17 heavy (non-hydrogen) atoms. The molecule has 4 heteroatoms. The first-order valence-electron chi connectivity index (χ1n) is 5.79. The lowest BCUT2D eigenvalue weighted by Gasteiger charge is -2.08. The molecule has 1 aliphatic heterocycles. The number of rotatable bonds is 3. The van der Waals surface area contributed by atoms with Crippen molar-refractivity contribution in [2.24, 2.45) is 16.6 Å². The highest BCUT2D eigenvalue weighted by Gasteiger charge is 2.26. The van der Waals surface area contributed by atoms with Crippen LogP contribution in [0, 0.1) is 5.92 Å². The number of aliphatic imine (C=N–C) groups is 1. The second-order valence-corrected chi connectivity index (χ2v) is 4.75. The van der Waals surface area contributed by atoms with Gasteiger partial charge in [-0.25, -0.2) is 4.99 Å². The van der Waals surface area contributed by atoms with Gasteiger partial charge in [-0.3, -0.25) is 10.1 Å². The summed E-state index contributed by atoms with van der Waals surface area (Å²) in [6, 6.07) is 7.51. The average molecular weight is 231 g/mol. The van der Waals surface area contributed by atoms with Crippen LogP contribution in [-0.2, 0) is 11.2 Å². The molecule has 1 aromatic carbocycles. The molecule has 0 saturated carbocycles. The van der Waals surface area contributed by atoms with E-state index < -0.39 is 6.04 Å². The topological polar surface area (TPSA) is 67.5 Å². The number of nitrogens with two attached hydrogens (primary N) is 1. The molecule has 1 aliphatic rings. The predicted octanol–water partition coefficient (Wildman–Crippen LogP) is 1.37. The summed E-state index contributed by atoms with van der Waals surface area (Å²) in [6.07, 6.45) is 1.04. The van der Waals surface area contributed by atoms with Crippen molar-refractivity contribution in [1.29, 1.82) is 0 Å². The van der Waals surface area contributed by atoms with Crippen molar-refractivity contribution in [3.63, 3.8) is 0 Å². The highest BCUT2D eigenvalue weighted by Crippen LogP contribution is 2.21. The van der Waals surface area contributed by atoms with Crippen LogP contribution in [0.3, 0.4) is 0 Å². The van der Waals surface area contributed by atoms with E-state index in [1.807, 2.05) is 24.3 Å². The number of nitrogens with zero attached hydrogens (tertiary/aromatic N) is 1. The van der Waals surface area contributed by atoms with Gasteiger partial charge in [-0.2, -0.15) is 0 Å². The number of amides is 1. The summed E-state index contributed by atoms with van der Waals surface area (Å²) in [5.41, 5.74) is 7.63. The fraction of sp³-hybridized carbons (Fsp3) is 0.385. The van der Waals surface area contributed by atoms with Crippen molar-refractivity contribution in [3.05, 3.63) is 35.4 Å². The second kappa shape index (κ2) is 4.57. The fourth-order valence-electron chi connectivity index (χ4n) is 1.96. The molecule has 0 aliphatic carbocycles. The normalized spacial score (nSPS) is 19.4. The minimum absolute atomic E-state index is 0.154. The van der Waals surface area contributed by atoms with E-state index in [0.29, 0.717) is 5.92 Å². The molecule has 0 spiro atoms. The van der Waals surface area contributed by atoms with Crippen molar-refractivity contribution < 1.29 is 4.79 Å². The molecule has 0 radical (unpaired) electrons. The number of hydrogen-bond donors (Lipinski definition) is 2. The minimum atomic E-state index is -0.483. The van der Waals surface area contributed by atoms with Crippen molar-refractivity contribution >= 4 is 11.9 Å². The zero-order chi connectivity index (χ0) is 12.4. The van der Waals surface area contributed by atoms with Crippen molar-refractivity contribution in [2.75, 3.05) is 0 Å². The highest BCUT2D eigenvalue weighted by atomic mass is 16.2. The van der Waals surface area contributed by atoms with Crippen LogP contribution in [0.2, 0.25) is 0 Å². The first-order valence-corrected chi connectivity index (χ1v) is 5.79. The lowest BCUT2D eigenvalue weighted by Crippen LogP contribution is -2.31.